The topological polar surface area (TPSA) is 59.2 Å². The Kier molecular flexibility index (Phi) is 4.00. The van der Waals surface area contributed by atoms with Gasteiger partial charge < -0.3 is 9.52 Å². The molecular formula is C15H20N2O2. The normalized spacial score (nSPS) is 11.8. The molecule has 0 aliphatic rings. The molecule has 0 aliphatic carbocycles. The number of aromatic nitrogens is 2. The number of aliphatic hydroxyl groups is 1. The molecule has 0 radical (unpaired) electrons. The van der Waals surface area contributed by atoms with Crippen molar-refractivity contribution < 1.29 is 9.52 Å². The van der Waals surface area contributed by atoms with Gasteiger partial charge in [0.2, 0.25) is 11.8 Å². The quantitative estimate of drug-likeness (QED) is 0.917. The third-order valence-corrected chi connectivity index (χ3v) is 3.01. The Bertz CT molecular complexity index is 524. The summed E-state index contributed by atoms with van der Waals surface area (Å²) in [5, 5.41) is 16.7. The van der Waals surface area contributed by atoms with Gasteiger partial charge in [-0.2, -0.15) is 0 Å². The molecule has 0 aliphatic heterocycles. The minimum absolute atomic E-state index is 0.0297. The molecule has 0 atom stereocenters. The molecule has 1 aromatic carbocycles. The number of hydrogen-bond donors (Lipinski definition) is 1. The van der Waals surface area contributed by atoms with Crippen molar-refractivity contribution in [1.82, 2.24) is 10.2 Å². The highest BCUT2D eigenvalue weighted by Gasteiger charge is 2.13. The second kappa shape index (κ2) is 5.53. The van der Waals surface area contributed by atoms with Crippen LogP contribution in [0, 0.1) is 0 Å². The van der Waals surface area contributed by atoms with Gasteiger partial charge in [-0.05, 0) is 16.5 Å². The van der Waals surface area contributed by atoms with Gasteiger partial charge in [-0.25, -0.2) is 0 Å². The molecule has 0 spiro atoms. The highest BCUT2D eigenvalue weighted by molar-refractivity contribution is 5.28. The molecule has 0 unspecified atom stereocenters. The van der Waals surface area contributed by atoms with Crippen LogP contribution in [0.5, 0.6) is 0 Å². The number of benzene rings is 1. The lowest BCUT2D eigenvalue weighted by Crippen LogP contribution is -2.10. The zero-order valence-electron chi connectivity index (χ0n) is 11.7. The Hall–Kier alpha value is -1.68. The van der Waals surface area contributed by atoms with E-state index in [-0.39, 0.29) is 12.0 Å². The van der Waals surface area contributed by atoms with E-state index >= 15 is 0 Å². The molecule has 4 heteroatoms. The van der Waals surface area contributed by atoms with Crippen molar-refractivity contribution in [2.24, 2.45) is 0 Å². The first kappa shape index (κ1) is 13.7. The first-order valence-electron chi connectivity index (χ1n) is 6.50. The van der Waals surface area contributed by atoms with Crippen molar-refractivity contribution >= 4 is 0 Å². The van der Waals surface area contributed by atoms with Gasteiger partial charge in [-0.3, -0.25) is 0 Å². The molecule has 19 heavy (non-hydrogen) atoms. The molecule has 102 valence electrons. The number of hydrogen-bond acceptors (Lipinski definition) is 4. The van der Waals surface area contributed by atoms with Crippen LogP contribution >= 0.6 is 0 Å². The van der Waals surface area contributed by atoms with E-state index in [9.17, 15) is 0 Å². The molecular weight excluding hydrogens is 240 g/mol. The van der Waals surface area contributed by atoms with E-state index in [0.29, 0.717) is 24.6 Å². The van der Waals surface area contributed by atoms with Crippen LogP contribution in [0.25, 0.3) is 0 Å². The number of rotatable bonds is 4. The molecule has 1 aromatic heterocycles. The zero-order valence-corrected chi connectivity index (χ0v) is 11.7. The van der Waals surface area contributed by atoms with E-state index < -0.39 is 0 Å². The fraction of sp³-hybridized carbons (Fsp3) is 0.467. The van der Waals surface area contributed by atoms with Gasteiger partial charge >= 0.3 is 0 Å². The van der Waals surface area contributed by atoms with E-state index in [2.05, 4.69) is 55.2 Å². The Morgan fingerprint density at radius 3 is 2.26 bits per heavy atom. The summed E-state index contributed by atoms with van der Waals surface area (Å²) in [4.78, 5) is 0. The van der Waals surface area contributed by atoms with Crippen molar-refractivity contribution in [2.45, 2.75) is 39.0 Å². The second-order valence-corrected chi connectivity index (χ2v) is 5.69. The van der Waals surface area contributed by atoms with Crippen LogP contribution in [0.1, 0.15) is 43.7 Å². The lowest BCUT2D eigenvalue weighted by molar-refractivity contribution is 0.283. The molecule has 0 amide bonds. The predicted molar refractivity (Wildman–Crippen MR) is 73.0 cm³/mol. The SMILES string of the molecule is CC(C)(C)c1ccc(Cc2nnc(CCO)o2)cc1. The Morgan fingerprint density at radius 2 is 1.68 bits per heavy atom. The first-order chi connectivity index (χ1) is 8.99. The highest BCUT2D eigenvalue weighted by atomic mass is 16.4. The van der Waals surface area contributed by atoms with E-state index in [1.165, 1.54) is 5.56 Å². The van der Waals surface area contributed by atoms with Crippen LogP contribution in [0.2, 0.25) is 0 Å². The second-order valence-electron chi connectivity index (χ2n) is 5.69. The lowest BCUT2D eigenvalue weighted by atomic mass is 9.86. The standard InChI is InChI=1S/C15H20N2O2/c1-15(2,3)12-6-4-11(5-7-12)10-14-17-16-13(19-14)8-9-18/h4-7,18H,8-10H2,1-3H3. The average Bonchev–Trinajstić information content (AvgIpc) is 2.77. The summed E-state index contributed by atoms with van der Waals surface area (Å²) in [6, 6.07) is 8.47. The number of nitrogens with zero attached hydrogens (tertiary/aromatic N) is 2. The van der Waals surface area contributed by atoms with Crippen molar-refractivity contribution in [3.8, 4) is 0 Å². The van der Waals surface area contributed by atoms with Gasteiger partial charge in [0.25, 0.3) is 0 Å². The third kappa shape index (κ3) is 3.64. The highest BCUT2D eigenvalue weighted by Crippen LogP contribution is 2.22. The summed E-state index contributed by atoms with van der Waals surface area (Å²) >= 11 is 0. The van der Waals surface area contributed by atoms with E-state index in [4.69, 9.17) is 9.52 Å². The van der Waals surface area contributed by atoms with Crippen molar-refractivity contribution in [2.75, 3.05) is 6.61 Å². The summed E-state index contributed by atoms with van der Waals surface area (Å²) < 4.78 is 5.44. The van der Waals surface area contributed by atoms with Crippen molar-refractivity contribution in [3.05, 3.63) is 47.2 Å². The van der Waals surface area contributed by atoms with Gasteiger partial charge in [0.15, 0.2) is 0 Å². The maximum absolute atomic E-state index is 8.80. The molecule has 2 aromatic rings. The summed E-state index contributed by atoms with van der Waals surface area (Å²) in [6.07, 6.45) is 1.04. The summed E-state index contributed by atoms with van der Waals surface area (Å²) in [5.41, 5.74) is 2.62. The average molecular weight is 260 g/mol. The minimum Gasteiger partial charge on any atom is -0.425 e. The molecule has 0 fully saturated rings. The Balaban J connectivity index is 2.06. The van der Waals surface area contributed by atoms with E-state index in [1.54, 1.807) is 0 Å². The van der Waals surface area contributed by atoms with Gasteiger partial charge in [-0.15, -0.1) is 10.2 Å². The molecule has 1 heterocycles. The maximum Gasteiger partial charge on any atom is 0.220 e. The Morgan fingerprint density at radius 1 is 1.05 bits per heavy atom. The maximum atomic E-state index is 8.80. The molecule has 0 bridgehead atoms. The van der Waals surface area contributed by atoms with Gasteiger partial charge in [0.1, 0.15) is 0 Å². The molecule has 0 saturated carbocycles. The van der Waals surface area contributed by atoms with Crippen LogP contribution in [-0.2, 0) is 18.3 Å². The summed E-state index contributed by atoms with van der Waals surface area (Å²) in [5.74, 6) is 1.08. The van der Waals surface area contributed by atoms with Crippen molar-refractivity contribution in [1.29, 1.82) is 0 Å². The predicted octanol–water partition coefficient (Wildman–Crippen LogP) is 2.49. The fourth-order valence-electron chi connectivity index (χ4n) is 1.85. The van der Waals surface area contributed by atoms with Gasteiger partial charge in [0, 0.05) is 6.42 Å². The van der Waals surface area contributed by atoms with Crippen LogP contribution in [0.3, 0.4) is 0 Å². The van der Waals surface area contributed by atoms with Gasteiger partial charge in [-0.1, -0.05) is 45.0 Å². The largest absolute Gasteiger partial charge is 0.425 e. The monoisotopic (exact) mass is 260 g/mol. The van der Waals surface area contributed by atoms with Gasteiger partial charge in [0.05, 0.1) is 13.0 Å². The summed E-state index contributed by atoms with van der Waals surface area (Å²) in [7, 11) is 0. The Labute approximate surface area is 113 Å². The minimum atomic E-state index is 0.0297. The molecule has 0 saturated heterocycles. The van der Waals surface area contributed by atoms with E-state index in [1.807, 2.05) is 0 Å². The van der Waals surface area contributed by atoms with Crippen LogP contribution in [0.4, 0.5) is 0 Å². The first-order valence-corrected chi connectivity index (χ1v) is 6.50. The lowest BCUT2D eigenvalue weighted by Gasteiger charge is -2.18. The van der Waals surface area contributed by atoms with Crippen molar-refractivity contribution in [3.63, 3.8) is 0 Å². The zero-order chi connectivity index (χ0) is 13.9. The number of aliphatic hydroxyl groups excluding tert-OH is 1. The smallest absolute Gasteiger partial charge is 0.220 e. The fourth-order valence-corrected chi connectivity index (χ4v) is 1.85. The molecule has 1 N–H and O–H groups in total. The van der Waals surface area contributed by atoms with Crippen LogP contribution in [0.15, 0.2) is 28.7 Å². The van der Waals surface area contributed by atoms with Crippen LogP contribution < -0.4 is 0 Å². The van der Waals surface area contributed by atoms with Crippen LogP contribution in [-0.4, -0.2) is 21.9 Å². The summed E-state index contributed by atoms with van der Waals surface area (Å²) in [6.45, 7) is 6.62. The van der Waals surface area contributed by atoms with E-state index in [0.717, 1.165) is 5.56 Å². The molecule has 4 nitrogen and oxygen atoms in total. The third-order valence-electron chi connectivity index (χ3n) is 3.01. The molecule has 2 rings (SSSR count).